The minimum atomic E-state index is -0.778. The maximum Gasteiger partial charge on any atom is 0.251 e. The van der Waals surface area contributed by atoms with Crippen LogP contribution in [0.4, 0.5) is 4.39 Å². The van der Waals surface area contributed by atoms with E-state index < -0.39 is 11.6 Å². The van der Waals surface area contributed by atoms with E-state index in [1.54, 1.807) is 0 Å². The van der Waals surface area contributed by atoms with Crippen LogP contribution in [0.5, 0.6) is 5.75 Å². The molecule has 1 aromatic rings. The Hall–Kier alpha value is -2.04. The van der Waals surface area contributed by atoms with E-state index >= 15 is 0 Å². The maximum absolute atomic E-state index is 13.3. The van der Waals surface area contributed by atoms with Crippen LogP contribution in [0.1, 0.15) is 68.6 Å². The number of aromatic hydroxyl groups is 1. The topological polar surface area (TPSA) is 58.6 Å². The van der Waals surface area contributed by atoms with Crippen LogP contribution in [0, 0.1) is 17.7 Å². The number of hydrogen-bond donors (Lipinski definition) is 2. The fourth-order valence-corrected chi connectivity index (χ4v) is 3.47. The fraction of sp³-hybridized carbons (Fsp3) is 0.591. The predicted molar refractivity (Wildman–Crippen MR) is 105 cm³/mol. The second-order valence-corrected chi connectivity index (χ2v) is 7.57. The Bertz CT molecular complexity index is 624. The van der Waals surface area contributed by atoms with E-state index in [2.05, 4.69) is 18.8 Å². The number of rotatable bonds is 10. The molecule has 0 radical (unpaired) electrons. The highest BCUT2D eigenvalue weighted by molar-refractivity contribution is 5.94. The second-order valence-electron chi connectivity index (χ2n) is 7.57. The molecule has 1 aliphatic carbocycles. The summed E-state index contributed by atoms with van der Waals surface area (Å²) >= 11 is 0. The average Bonchev–Trinajstić information content (AvgIpc) is 2.67. The van der Waals surface area contributed by atoms with E-state index in [0.29, 0.717) is 18.4 Å². The monoisotopic (exact) mass is 377 g/mol. The van der Waals surface area contributed by atoms with Gasteiger partial charge in [0.2, 0.25) is 0 Å². The molecule has 150 valence electrons. The molecule has 0 spiro atoms. The summed E-state index contributed by atoms with van der Waals surface area (Å²) < 4.78 is 19.2. The van der Waals surface area contributed by atoms with E-state index in [1.807, 2.05) is 0 Å². The van der Waals surface area contributed by atoms with Crippen molar-refractivity contribution in [2.24, 2.45) is 11.8 Å². The summed E-state index contributed by atoms with van der Waals surface area (Å²) in [5.41, 5.74) is 0.231. The van der Waals surface area contributed by atoms with Crippen LogP contribution in [0.25, 0.3) is 0 Å². The third-order valence-electron chi connectivity index (χ3n) is 5.31. The Kier molecular flexibility index (Phi) is 8.62. The Morgan fingerprint density at radius 1 is 1.26 bits per heavy atom. The molecule has 0 unspecified atom stereocenters. The number of benzene rings is 1. The third kappa shape index (κ3) is 7.24. The first-order valence-corrected chi connectivity index (χ1v) is 10.1. The van der Waals surface area contributed by atoms with Gasteiger partial charge in [-0.25, -0.2) is 4.39 Å². The van der Waals surface area contributed by atoms with Gasteiger partial charge >= 0.3 is 0 Å². The van der Waals surface area contributed by atoms with Crippen molar-refractivity contribution in [3.8, 4) is 5.75 Å². The highest BCUT2D eigenvalue weighted by atomic mass is 19.1. The van der Waals surface area contributed by atoms with Crippen molar-refractivity contribution >= 4 is 5.91 Å². The van der Waals surface area contributed by atoms with Crippen molar-refractivity contribution in [2.45, 2.75) is 58.3 Å². The van der Waals surface area contributed by atoms with E-state index in [9.17, 15) is 14.3 Å². The zero-order valence-electron chi connectivity index (χ0n) is 16.3. The van der Waals surface area contributed by atoms with Crippen molar-refractivity contribution in [1.82, 2.24) is 5.32 Å². The van der Waals surface area contributed by atoms with E-state index in [4.69, 9.17) is 4.74 Å². The number of ether oxygens (including phenoxy) is 1. The van der Waals surface area contributed by atoms with Gasteiger partial charge in [0.25, 0.3) is 5.91 Å². The molecule has 0 saturated heterocycles. The van der Waals surface area contributed by atoms with Crippen LogP contribution in [-0.2, 0) is 4.74 Å². The summed E-state index contributed by atoms with van der Waals surface area (Å²) in [4.78, 5) is 12.1. The number of amides is 1. The number of unbranched alkanes of at least 4 members (excludes halogenated alkanes) is 2. The molecule has 1 amide bonds. The molecule has 2 N–H and O–H groups in total. The van der Waals surface area contributed by atoms with Crippen molar-refractivity contribution in [3.63, 3.8) is 0 Å². The first-order valence-electron chi connectivity index (χ1n) is 10.1. The Labute approximate surface area is 161 Å². The lowest BCUT2D eigenvalue weighted by molar-refractivity contribution is 0.0929. The van der Waals surface area contributed by atoms with E-state index in [-0.39, 0.29) is 11.5 Å². The van der Waals surface area contributed by atoms with Gasteiger partial charge in [-0.1, -0.05) is 26.3 Å². The van der Waals surface area contributed by atoms with Gasteiger partial charge in [0.1, 0.15) is 0 Å². The zero-order chi connectivity index (χ0) is 19.6. The summed E-state index contributed by atoms with van der Waals surface area (Å²) in [5.74, 6) is 0.382. The van der Waals surface area contributed by atoms with Gasteiger partial charge in [-0.2, -0.15) is 0 Å². The molecular weight excluding hydrogens is 345 g/mol. The highest BCUT2D eigenvalue weighted by Gasteiger charge is 2.22. The Balaban J connectivity index is 1.63. The van der Waals surface area contributed by atoms with Gasteiger partial charge < -0.3 is 15.2 Å². The van der Waals surface area contributed by atoms with Gasteiger partial charge in [-0.15, -0.1) is 0 Å². The summed E-state index contributed by atoms with van der Waals surface area (Å²) in [6, 6.07) is 3.69. The SMILES string of the molecule is C=C(CCCCC)OCC1CCC(CNC(=O)c2ccc(O)c(F)c2)CC1. The van der Waals surface area contributed by atoms with Crippen LogP contribution in [0.2, 0.25) is 0 Å². The van der Waals surface area contributed by atoms with Crippen LogP contribution >= 0.6 is 0 Å². The summed E-state index contributed by atoms with van der Waals surface area (Å²) in [7, 11) is 0. The zero-order valence-corrected chi connectivity index (χ0v) is 16.3. The molecule has 2 rings (SSSR count). The van der Waals surface area contributed by atoms with Crippen molar-refractivity contribution in [2.75, 3.05) is 13.2 Å². The van der Waals surface area contributed by atoms with Gasteiger partial charge in [0.15, 0.2) is 11.6 Å². The lowest BCUT2D eigenvalue weighted by Gasteiger charge is -2.28. The summed E-state index contributed by atoms with van der Waals surface area (Å²) in [5, 5.41) is 12.1. The molecule has 1 fully saturated rings. The molecule has 0 bridgehead atoms. The number of phenols is 1. The number of nitrogens with one attached hydrogen (secondary N) is 1. The summed E-state index contributed by atoms with van der Waals surface area (Å²) in [6.45, 7) is 7.53. The van der Waals surface area contributed by atoms with Crippen LogP contribution < -0.4 is 5.32 Å². The van der Waals surface area contributed by atoms with Crippen molar-refractivity contribution in [3.05, 3.63) is 41.9 Å². The lowest BCUT2D eigenvalue weighted by atomic mass is 9.82. The Morgan fingerprint density at radius 2 is 1.96 bits per heavy atom. The van der Waals surface area contributed by atoms with Gasteiger partial charge in [0, 0.05) is 18.5 Å². The predicted octanol–water partition coefficient (Wildman–Crippen LogP) is 5.18. The number of carbonyl (C=O) groups excluding carboxylic acids is 1. The highest BCUT2D eigenvalue weighted by Crippen LogP contribution is 2.29. The number of halogens is 1. The number of hydrogen-bond acceptors (Lipinski definition) is 3. The number of phenolic OH excluding ortho intramolecular Hbond substituents is 1. The smallest absolute Gasteiger partial charge is 0.251 e. The molecule has 27 heavy (non-hydrogen) atoms. The molecule has 5 heteroatoms. The lowest BCUT2D eigenvalue weighted by Crippen LogP contribution is -2.31. The van der Waals surface area contributed by atoms with Crippen molar-refractivity contribution < 1.29 is 19.0 Å². The molecule has 1 aliphatic rings. The molecule has 1 aromatic carbocycles. The third-order valence-corrected chi connectivity index (χ3v) is 5.31. The molecule has 4 nitrogen and oxygen atoms in total. The van der Waals surface area contributed by atoms with Crippen molar-refractivity contribution in [1.29, 1.82) is 0 Å². The second kappa shape index (κ2) is 11.0. The van der Waals surface area contributed by atoms with E-state index in [1.165, 1.54) is 25.0 Å². The standard InChI is InChI=1S/C22H32FNO3/c1-3-4-5-6-16(2)27-15-18-9-7-17(8-10-18)14-24-22(26)19-11-12-21(25)20(23)13-19/h11-13,17-18,25H,2-10,14-15H2,1H3,(H,24,26). The fourth-order valence-electron chi connectivity index (χ4n) is 3.47. The normalized spacial score (nSPS) is 19.5. The molecule has 0 atom stereocenters. The van der Waals surface area contributed by atoms with E-state index in [0.717, 1.165) is 57.0 Å². The average molecular weight is 378 g/mol. The summed E-state index contributed by atoms with van der Waals surface area (Å²) in [6.07, 6.45) is 8.82. The molecule has 0 aromatic heterocycles. The Morgan fingerprint density at radius 3 is 2.63 bits per heavy atom. The first-order chi connectivity index (χ1) is 13.0. The largest absolute Gasteiger partial charge is 0.505 e. The van der Waals surface area contributed by atoms with Gasteiger partial charge in [-0.05, 0) is 62.1 Å². The molecule has 0 aliphatic heterocycles. The molecular formula is C22H32FNO3. The van der Waals surface area contributed by atoms with Gasteiger partial charge in [0.05, 0.1) is 12.4 Å². The van der Waals surface area contributed by atoms with Crippen LogP contribution in [0.15, 0.2) is 30.5 Å². The van der Waals surface area contributed by atoms with Crippen LogP contribution in [-0.4, -0.2) is 24.2 Å². The van der Waals surface area contributed by atoms with Crippen LogP contribution in [0.3, 0.4) is 0 Å². The molecule has 1 saturated carbocycles. The van der Waals surface area contributed by atoms with Gasteiger partial charge in [-0.3, -0.25) is 4.79 Å². The number of carbonyl (C=O) groups is 1. The quantitative estimate of drug-likeness (QED) is 0.436. The maximum atomic E-state index is 13.3. The number of allylic oxidation sites excluding steroid dienone is 1. The first kappa shape index (κ1) is 21.3. The molecule has 0 heterocycles. The minimum Gasteiger partial charge on any atom is -0.505 e. The minimum absolute atomic E-state index is 0.231.